The maximum absolute atomic E-state index is 4.66. The number of hydrogen-bond acceptors (Lipinski definition) is 5. The van der Waals surface area contributed by atoms with Crippen molar-refractivity contribution in [2.45, 2.75) is 20.4 Å². The Morgan fingerprint density at radius 3 is 2.62 bits per heavy atom. The minimum atomic E-state index is 0.387. The Kier molecular flexibility index (Phi) is 4.31. The zero-order valence-electron chi connectivity index (χ0n) is 14.8. The third-order valence-electron chi connectivity index (χ3n) is 4.10. The summed E-state index contributed by atoms with van der Waals surface area (Å²) in [5, 5.41) is 13.9. The fourth-order valence-electron chi connectivity index (χ4n) is 3.00. The van der Waals surface area contributed by atoms with Gasteiger partial charge in [-0.25, -0.2) is 5.43 Å². The third kappa shape index (κ3) is 3.13. The quantitative estimate of drug-likeness (QED) is 0.437. The summed E-state index contributed by atoms with van der Waals surface area (Å²) in [6, 6.07) is 18.1. The maximum atomic E-state index is 4.66. The van der Waals surface area contributed by atoms with Gasteiger partial charge in [0.1, 0.15) is 5.52 Å². The topological polar surface area (TPSA) is 68.0 Å². The van der Waals surface area contributed by atoms with Gasteiger partial charge in [0.05, 0.1) is 11.7 Å². The van der Waals surface area contributed by atoms with E-state index in [2.05, 4.69) is 56.3 Å². The van der Waals surface area contributed by atoms with Gasteiger partial charge >= 0.3 is 0 Å². The molecule has 0 unspecified atom stereocenters. The predicted octanol–water partition coefficient (Wildman–Crippen LogP) is 4.08. The molecule has 0 saturated heterocycles. The first-order valence-electron chi connectivity index (χ1n) is 8.68. The van der Waals surface area contributed by atoms with Crippen LogP contribution in [0.2, 0.25) is 0 Å². The van der Waals surface area contributed by atoms with Gasteiger partial charge in [-0.15, -0.1) is 10.2 Å². The van der Waals surface area contributed by atoms with E-state index in [1.807, 2.05) is 42.5 Å². The van der Waals surface area contributed by atoms with E-state index < -0.39 is 0 Å². The van der Waals surface area contributed by atoms with Crippen molar-refractivity contribution in [3.05, 3.63) is 60.2 Å². The molecule has 26 heavy (non-hydrogen) atoms. The van der Waals surface area contributed by atoms with E-state index in [0.29, 0.717) is 11.9 Å². The Labute approximate surface area is 151 Å². The van der Waals surface area contributed by atoms with E-state index >= 15 is 0 Å². The summed E-state index contributed by atoms with van der Waals surface area (Å²) in [7, 11) is 0. The molecule has 0 amide bonds. The van der Waals surface area contributed by atoms with Crippen LogP contribution in [0, 0.1) is 5.92 Å². The van der Waals surface area contributed by atoms with Gasteiger partial charge < -0.3 is 4.57 Å². The number of rotatable bonds is 5. The summed E-state index contributed by atoms with van der Waals surface area (Å²) in [6.07, 6.45) is 1.73. The normalized spacial score (nSPS) is 11.8. The molecule has 4 aromatic rings. The summed E-state index contributed by atoms with van der Waals surface area (Å²) in [6.45, 7) is 5.26. The molecule has 2 heterocycles. The number of nitrogens with zero attached hydrogens (tertiary/aromatic N) is 5. The van der Waals surface area contributed by atoms with E-state index in [4.69, 9.17) is 0 Å². The van der Waals surface area contributed by atoms with Crippen LogP contribution in [0.5, 0.6) is 0 Å². The Morgan fingerprint density at radius 1 is 1.04 bits per heavy atom. The van der Waals surface area contributed by atoms with E-state index in [1.165, 1.54) is 0 Å². The molecule has 0 aliphatic carbocycles. The van der Waals surface area contributed by atoms with Gasteiger partial charge in [-0.05, 0) is 17.5 Å². The Morgan fingerprint density at radius 2 is 1.81 bits per heavy atom. The number of hydrogen-bond donors (Lipinski definition) is 1. The highest BCUT2D eigenvalue weighted by Gasteiger charge is 2.15. The number of hydrazone groups is 1. The molecule has 0 atom stereocenters. The van der Waals surface area contributed by atoms with E-state index in [-0.39, 0.29) is 0 Å². The van der Waals surface area contributed by atoms with Crippen LogP contribution in [0.1, 0.15) is 19.4 Å². The molecule has 4 rings (SSSR count). The van der Waals surface area contributed by atoms with Crippen molar-refractivity contribution in [2.75, 3.05) is 5.43 Å². The van der Waals surface area contributed by atoms with Crippen LogP contribution in [0.15, 0.2) is 59.7 Å². The second kappa shape index (κ2) is 6.92. The Bertz CT molecular complexity index is 1070. The average molecular weight is 344 g/mol. The highest BCUT2D eigenvalue weighted by molar-refractivity contribution is 6.04. The van der Waals surface area contributed by atoms with Crippen LogP contribution in [0.4, 0.5) is 5.95 Å². The first kappa shape index (κ1) is 16.2. The molecule has 0 aliphatic heterocycles. The zero-order valence-corrected chi connectivity index (χ0v) is 14.8. The minimum Gasteiger partial charge on any atom is -0.323 e. The molecular formula is C20H20N6. The molecule has 0 radical (unpaired) electrons. The standard InChI is InChI=1S/C20H20N6/c1-14(2)13-26-17-11-7-6-10-16(17)18-19(26)22-20(25-23-18)24-21-12-15-8-4-3-5-9-15/h3-12,14H,13H2,1-2H3,(H,22,24,25)/b21-12+. The van der Waals surface area contributed by atoms with Crippen LogP contribution in [0.3, 0.4) is 0 Å². The average Bonchev–Trinajstić information content (AvgIpc) is 2.96. The molecule has 6 nitrogen and oxygen atoms in total. The first-order valence-corrected chi connectivity index (χ1v) is 8.68. The van der Waals surface area contributed by atoms with Crippen molar-refractivity contribution in [3.8, 4) is 0 Å². The second-order valence-electron chi connectivity index (χ2n) is 6.61. The summed E-state index contributed by atoms with van der Waals surface area (Å²) in [4.78, 5) is 4.66. The first-order chi connectivity index (χ1) is 12.7. The lowest BCUT2D eigenvalue weighted by molar-refractivity contribution is 0.543. The summed E-state index contributed by atoms with van der Waals surface area (Å²) >= 11 is 0. The van der Waals surface area contributed by atoms with Gasteiger partial charge in [0, 0.05) is 11.9 Å². The van der Waals surface area contributed by atoms with E-state index in [1.54, 1.807) is 6.21 Å². The maximum Gasteiger partial charge on any atom is 0.265 e. The van der Waals surface area contributed by atoms with Crippen LogP contribution in [-0.4, -0.2) is 26.0 Å². The number of benzene rings is 2. The number of anilines is 1. The molecular weight excluding hydrogens is 324 g/mol. The number of nitrogens with one attached hydrogen (secondary N) is 1. The van der Waals surface area contributed by atoms with Crippen molar-refractivity contribution in [1.82, 2.24) is 19.7 Å². The van der Waals surface area contributed by atoms with Gasteiger partial charge in [-0.2, -0.15) is 10.1 Å². The highest BCUT2D eigenvalue weighted by Crippen LogP contribution is 2.27. The van der Waals surface area contributed by atoms with Gasteiger partial charge in [0.15, 0.2) is 5.65 Å². The van der Waals surface area contributed by atoms with E-state index in [0.717, 1.165) is 34.2 Å². The molecule has 0 fully saturated rings. The van der Waals surface area contributed by atoms with Crippen molar-refractivity contribution in [3.63, 3.8) is 0 Å². The van der Waals surface area contributed by atoms with Crippen LogP contribution in [0.25, 0.3) is 22.1 Å². The van der Waals surface area contributed by atoms with Gasteiger partial charge in [-0.1, -0.05) is 62.4 Å². The summed E-state index contributed by atoms with van der Waals surface area (Å²) in [5.41, 5.74) is 6.66. The van der Waals surface area contributed by atoms with E-state index in [9.17, 15) is 0 Å². The number of fused-ring (bicyclic) bond motifs is 3. The SMILES string of the molecule is CC(C)Cn1c2ccccc2c2nnc(N/N=C/c3ccccc3)nc21. The molecule has 2 aromatic carbocycles. The van der Waals surface area contributed by atoms with Gasteiger partial charge in [0.2, 0.25) is 0 Å². The molecule has 0 aliphatic rings. The number of para-hydroxylation sites is 1. The smallest absolute Gasteiger partial charge is 0.265 e. The summed E-state index contributed by atoms with van der Waals surface area (Å²) < 4.78 is 2.20. The minimum absolute atomic E-state index is 0.387. The van der Waals surface area contributed by atoms with Crippen molar-refractivity contribution < 1.29 is 0 Å². The van der Waals surface area contributed by atoms with Crippen molar-refractivity contribution >= 4 is 34.2 Å². The van der Waals surface area contributed by atoms with Crippen LogP contribution >= 0.6 is 0 Å². The molecule has 0 spiro atoms. The largest absolute Gasteiger partial charge is 0.323 e. The van der Waals surface area contributed by atoms with Crippen molar-refractivity contribution in [1.29, 1.82) is 0 Å². The lowest BCUT2D eigenvalue weighted by Crippen LogP contribution is -2.06. The molecule has 0 bridgehead atoms. The molecule has 0 saturated carbocycles. The lowest BCUT2D eigenvalue weighted by atomic mass is 10.2. The molecule has 130 valence electrons. The predicted molar refractivity (Wildman–Crippen MR) is 105 cm³/mol. The van der Waals surface area contributed by atoms with Gasteiger partial charge in [0.25, 0.3) is 5.95 Å². The van der Waals surface area contributed by atoms with Crippen molar-refractivity contribution in [2.24, 2.45) is 11.0 Å². The second-order valence-corrected chi connectivity index (χ2v) is 6.61. The summed E-state index contributed by atoms with van der Waals surface area (Å²) in [5.74, 6) is 0.883. The zero-order chi connectivity index (χ0) is 17.9. The van der Waals surface area contributed by atoms with Gasteiger partial charge in [-0.3, -0.25) is 0 Å². The van der Waals surface area contributed by atoms with Crippen LogP contribution in [-0.2, 0) is 6.54 Å². The molecule has 2 aromatic heterocycles. The third-order valence-corrected chi connectivity index (χ3v) is 4.10. The Hall–Kier alpha value is -3.28. The highest BCUT2D eigenvalue weighted by atomic mass is 15.4. The lowest BCUT2D eigenvalue weighted by Gasteiger charge is -2.09. The monoisotopic (exact) mass is 344 g/mol. The molecule has 6 heteroatoms. The fourth-order valence-corrected chi connectivity index (χ4v) is 3.00. The number of aromatic nitrogens is 4. The van der Waals surface area contributed by atoms with Crippen LogP contribution < -0.4 is 5.43 Å². The molecule has 1 N–H and O–H groups in total. The Balaban J connectivity index is 1.72. The fraction of sp³-hybridized carbons (Fsp3) is 0.200.